The van der Waals surface area contributed by atoms with Gasteiger partial charge in [-0.2, -0.15) is 5.10 Å². The number of likely N-dealkylation sites (tertiary alicyclic amines) is 1. The Labute approximate surface area is 148 Å². The quantitative estimate of drug-likeness (QED) is 0.839. The largest absolute Gasteiger partial charge is 0.444 e. The molecule has 2 aromatic heterocycles. The monoisotopic (exact) mass is 396 g/mol. The van der Waals surface area contributed by atoms with Crippen molar-refractivity contribution >= 4 is 33.5 Å². The van der Waals surface area contributed by atoms with Gasteiger partial charge in [-0.3, -0.25) is 0 Å². The lowest BCUT2D eigenvalue weighted by Gasteiger charge is -2.33. The van der Waals surface area contributed by atoms with Crippen molar-refractivity contribution in [2.45, 2.75) is 45.3 Å². The van der Waals surface area contributed by atoms with Gasteiger partial charge in [0.2, 0.25) is 0 Å². The molecule has 0 spiro atoms. The Balaban J connectivity index is 1.60. The Kier molecular flexibility index (Phi) is 4.62. The predicted molar refractivity (Wildman–Crippen MR) is 92.9 cm³/mol. The van der Waals surface area contributed by atoms with Crippen molar-refractivity contribution in [2.24, 2.45) is 0 Å². The molecule has 1 fully saturated rings. The fourth-order valence-electron chi connectivity index (χ4n) is 2.62. The Morgan fingerprint density at radius 1 is 1.33 bits per heavy atom. The number of hydrogen-bond acceptors (Lipinski definition) is 6. The molecule has 24 heavy (non-hydrogen) atoms. The highest BCUT2D eigenvalue weighted by Crippen LogP contribution is 2.21. The average Bonchev–Trinajstić information content (AvgIpc) is 3.00. The number of aromatic nitrogens is 4. The van der Waals surface area contributed by atoms with Gasteiger partial charge in [0.25, 0.3) is 0 Å². The first-order valence-electron chi connectivity index (χ1n) is 7.92. The number of carbonyl (C=O) groups is 1. The number of ether oxygens (including phenoxy) is 1. The Hall–Kier alpha value is -1.90. The molecule has 1 N–H and O–H groups in total. The molecule has 8 nitrogen and oxygen atoms in total. The molecule has 0 bridgehead atoms. The van der Waals surface area contributed by atoms with Crippen molar-refractivity contribution < 1.29 is 9.53 Å². The fourth-order valence-corrected chi connectivity index (χ4v) is 2.98. The highest BCUT2D eigenvalue weighted by atomic mass is 79.9. The van der Waals surface area contributed by atoms with Gasteiger partial charge < -0.3 is 15.0 Å². The maximum atomic E-state index is 12.1. The van der Waals surface area contributed by atoms with E-state index in [9.17, 15) is 4.79 Å². The standard InChI is InChI=1S/C15H21BrN6O2/c1-15(2,3)24-14(23)21-6-4-10(5-7-21)20-12-13-18-9-19-22(13)11(16)8-17-12/h8-10H,4-7H2,1-3H3,(H,17,20). The molecule has 2 aromatic rings. The van der Waals surface area contributed by atoms with Crippen molar-refractivity contribution in [2.75, 3.05) is 18.4 Å². The molecule has 0 atom stereocenters. The summed E-state index contributed by atoms with van der Waals surface area (Å²) in [5.74, 6) is 0.700. The number of anilines is 1. The number of piperidine rings is 1. The van der Waals surface area contributed by atoms with Gasteiger partial charge in [0.1, 0.15) is 16.5 Å². The van der Waals surface area contributed by atoms with Crippen LogP contribution in [-0.4, -0.2) is 55.3 Å². The topological polar surface area (TPSA) is 84.7 Å². The van der Waals surface area contributed by atoms with Crippen LogP contribution in [0.15, 0.2) is 17.1 Å². The van der Waals surface area contributed by atoms with Crippen molar-refractivity contribution in [1.82, 2.24) is 24.5 Å². The molecule has 3 rings (SSSR count). The third-order valence-corrected chi connectivity index (χ3v) is 4.29. The summed E-state index contributed by atoms with van der Waals surface area (Å²) >= 11 is 3.40. The first-order valence-corrected chi connectivity index (χ1v) is 8.71. The van der Waals surface area contributed by atoms with E-state index in [0.29, 0.717) is 24.6 Å². The van der Waals surface area contributed by atoms with Crippen LogP contribution in [0.4, 0.5) is 10.6 Å². The summed E-state index contributed by atoms with van der Waals surface area (Å²) in [5, 5.41) is 7.56. The molecule has 0 aliphatic carbocycles. The van der Waals surface area contributed by atoms with Gasteiger partial charge in [0, 0.05) is 19.1 Å². The molecule has 1 aliphatic heterocycles. The molecule has 9 heteroatoms. The Bertz CT molecular complexity index is 733. The number of rotatable bonds is 2. The molecule has 0 aromatic carbocycles. The average molecular weight is 397 g/mol. The van der Waals surface area contributed by atoms with Crippen molar-refractivity contribution in [1.29, 1.82) is 0 Å². The van der Waals surface area contributed by atoms with E-state index >= 15 is 0 Å². The van der Waals surface area contributed by atoms with Gasteiger partial charge in [-0.15, -0.1) is 0 Å². The summed E-state index contributed by atoms with van der Waals surface area (Å²) in [4.78, 5) is 22.5. The summed E-state index contributed by atoms with van der Waals surface area (Å²) in [6.07, 6.45) is 4.61. The van der Waals surface area contributed by atoms with Crippen LogP contribution in [-0.2, 0) is 4.74 Å². The number of halogens is 1. The number of amides is 1. The molecule has 1 saturated heterocycles. The number of nitrogens with one attached hydrogen (secondary N) is 1. The van der Waals surface area contributed by atoms with E-state index in [1.165, 1.54) is 6.33 Å². The van der Waals surface area contributed by atoms with Crippen molar-refractivity contribution in [3.8, 4) is 0 Å². The van der Waals surface area contributed by atoms with Crippen molar-refractivity contribution in [3.63, 3.8) is 0 Å². The van der Waals surface area contributed by atoms with Crippen LogP contribution < -0.4 is 5.32 Å². The third-order valence-electron chi connectivity index (χ3n) is 3.75. The van der Waals surface area contributed by atoms with Crippen LogP contribution in [0, 0.1) is 0 Å². The van der Waals surface area contributed by atoms with Crippen LogP contribution in [0.5, 0.6) is 0 Å². The van der Waals surface area contributed by atoms with Gasteiger partial charge in [-0.25, -0.2) is 19.3 Å². The normalized spacial score (nSPS) is 16.4. The summed E-state index contributed by atoms with van der Waals surface area (Å²) in [6, 6.07) is 0.234. The minimum Gasteiger partial charge on any atom is -0.444 e. The SMILES string of the molecule is CC(C)(C)OC(=O)N1CCC(Nc2ncc(Br)n3ncnc23)CC1. The smallest absolute Gasteiger partial charge is 0.410 e. The maximum absolute atomic E-state index is 12.1. The highest BCUT2D eigenvalue weighted by molar-refractivity contribution is 9.10. The second kappa shape index (κ2) is 6.54. The van der Waals surface area contributed by atoms with Crippen LogP contribution >= 0.6 is 15.9 Å². The van der Waals surface area contributed by atoms with Gasteiger partial charge in [-0.05, 0) is 49.5 Å². The Morgan fingerprint density at radius 2 is 2.04 bits per heavy atom. The molecule has 0 unspecified atom stereocenters. The van der Waals surface area contributed by atoms with E-state index < -0.39 is 5.60 Å². The van der Waals surface area contributed by atoms with Gasteiger partial charge >= 0.3 is 6.09 Å². The zero-order chi connectivity index (χ0) is 17.3. The minimum atomic E-state index is -0.465. The van der Waals surface area contributed by atoms with Gasteiger partial charge in [-0.1, -0.05) is 0 Å². The lowest BCUT2D eigenvalue weighted by atomic mass is 10.1. The van der Waals surface area contributed by atoms with E-state index in [2.05, 4.69) is 36.3 Å². The zero-order valence-electron chi connectivity index (χ0n) is 14.0. The van der Waals surface area contributed by atoms with E-state index in [1.807, 2.05) is 20.8 Å². The molecule has 1 aliphatic rings. The first-order chi connectivity index (χ1) is 11.3. The van der Waals surface area contributed by atoms with E-state index in [-0.39, 0.29) is 12.1 Å². The number of carbonyl (C=O) groups excluding carboxylic acids is 1. The second-order valence-electron chi connectivity index (χ2n) is 6.81. The molecular formula is C15H21BrN6O2. The lowest BCUT2D eigenvalue weighted by molar-refractivity contribution is 0.0210. The van der Waals surface area contributed by atoms with Crippen LogP contribution in [0.2, 0.25) is 0 Å². The first kappa shape index (κ1) is 16.9. The molecular weight excluding hydrogens is 376 g/mol. The van der Waals surface area contributed by atoms with E-state index in [4.69, 9.17) is 4.74 Å². The second-order valence-corrected chi connectivity index (χ2v) is 7.62. The summed E-state index contributed by atoms with van der Waals surface area (Å²) in [6.45, 7) is 6.95. The molecule has 0 saturated carbocycles. The molecule has 130 valence electrons. The zero-order valence-corrected chi connectivity index (χ0v) is 15.6. The van der Waals surface area contributed by atoms with Gasteiger partial charge in [0.05, 0.1) is 6.20 Å². The minimum absolute atomic E-state index is 0.234. The summed E-state index contributed by atoms with van der Waals surface area (Å²) < 4.78 is 7.85. The number of hydrogen-bond donors (Lipinski definition) is 1. The number of fused-ring (bicyclic) bond motifs is 1. The number of nitrogens with zero attached hydrogens (tertiary/aromatic N) is 5. The fraction of sp³-hybridized carbons (Fsp3) is 0.600. The predicted octanol–water partition coefficient (Wildman–Crippen LogP) is 2.70. The van der Waals surface area contributed by atoms with E-state index in [1.54, 1.807) is 15.6 Å². The molecule has 0 radical (unpaired) electrons. The van der Waals surface area contributed by atoms with Crippen molar-refractivity contribution in [3.05, 3.63) is 17.1 Å². The molecule has 3 heterocycles. The van der Waals surface area contributed by atoms with Crippen LogP contribution in [0.25, 0.3) is 5.65 Å². The summed E-state index contributed by atoms with van der Waals surface area (Å²) in [7, 11) is 0. The lowest BCUT2D eigenvalue weighted by Crippen LogP contribution is -2.44. The van der Waals surface area contributed by atoms with Gasteiger partial charge in [0.15, 0.2) is 11.5 Å². The van der Waals surface area contributed by atoms with Crippen LogP contribution in [0.3, 0.4) is 0 Å². The summed E-state index contributed by atoms with van der Waals surface area (Å²) in [5.41, 5.74) is 0.214. The third kappa shape index (κ3) is 3.77. The Morgan fingerprint density at radius 3 is 2.71 bits per heavy atom. The van der Waals surface area contributed by atoms with E-state index in [0.717, 1.165) is 17.4 Å². The highest BCUT2D eigenvalue weighted by Gasteiger charge is 2.27. The van der Waals surface area contributed by atoms with Crippen LogP contribution in [0.1, 0.15) is 33.6 Å². The maximum Gasteiger partial charge on any atom is 0.410 e. The molecule has 1 amide bonds.